The van der Waals surface area contributed by atoms with Crippen LogP contribution >= 0.6 is 27.5 Å². The Bertz CT molecular complexity index is 386. The molecule has 2 nitrogen and oxygen atoms in total. The average molecular weight is 290 g/mol. The molecular formula is C11H10BrClO2. The number of carbonyl (C=O) groups is 1. The molecule has 0 aliphatic carbocycles. The summed E-state index contributed by atoms with van der Waals surface area (Å²) in [6, 6.07) is 5.23. The van der Waals surface area contributed by atoms with E-state index in [9.17, 15) is 4.79 Å². The lowest BCUT2D eigenvalue weighted by atomic mass is 9.97. The van der Waals surface area contributed by atoms with E-state index in [1.54, 1.807) is 18.2 Å². The topological polar surface area (TPSA) is 26.3 Å². The van der Waals surface area contributed by atoms with Gasteiger partial charge >= 0.3 is 0 Å². The summed E-state index contributed by atoms with van der Waals surface area (Å²) in [7, 11) is 0. The normalized spacial score (nSPS) is 20.5. The number of hydrogen-bond donors (Lipinski definition) is 0. The highest BCUT2D eigenvalue weighted by Crippen LogP contribution is 2.26. The van der Waals surface area contributed by atoms with Crippen LogP contribution in [0.15, 0.2) is 22.7 Å². The third kappa shape index (κ3) is 2.41. The Hall–Kier alpha value is -0.380. The van der Waals surface area contributed by atoms with Crippen LogP contribution in [-0.2, 0) is 4.74 Å². The first-order valence-corrected chi connectivity index (χ1v) is 5.92. The van der Waals surface area contributed by atoms with Gasteiger partial charge in [-0.25, -0.2) is 0 Å². The van der Waals surface area contributed by atoms with Crippen LogP contribution in [0.5, 0.6) is 0 Å². The van der Waals surface area contributed by atoms with E-state index in [0.29, 0.717) is 23.8 Å². The predicted octanol–water partition coefficient (Wildman–Crippen LogP) is 3.32. The molecule has 0 spiro atoms. The van der Waals surface area contributed by atoms with E-state index in [1.807, 2.05) is 0 Å². The molecule has 0 bridgehead atoms. The average Bonchev–Trinajstić information content (AvgIpc) is 2.69. The van der Waals surface area contributed by atoms with Crippen molar-refractivity contribution in [1.29, 1.82) is 0 Å². The molecule has 1 aliphatic rings. The van der Waals surface area contributed by atoms with Crippen molar-refractivity contribution in [1.82, 2.24) is 0 Å². The van der Waals surface area contributed by atoms with Crippen molar-refractivity contribution in [2.24, 2.45) is 5.92 Å². The largest absolute Gasteiger partial charge is 0.381 e. The van der Waals surface area contributed by atoms with Gasteiger partial charge in [0, 0.05) is 27.6 Å². The molecule has 1 unspecified atom stereocenters. The van der Waals surface area contributed by atoms with Crippen molar-refractivity contribution in [3.05, 3.63) is 33.3 Å². The third-order valence-corrected chi connectivity index (χ3v) is 3.39. The lowest BCUT2D eigenvalue weighted by Gasteiger charge is -2.08. The van der Waals surface area contributed by atoms with Gasteiger partial charge in [0.15, 0.2) is 5.78 Å². The Labute approximate surface area is 102 Å². The van der Waals surface area contributed by atoms with Crippen LogP contribution in [0.1, 0.15) is 16.8 Å². The number of Topliss-reactive ketones (excluding diaryl/α,β-unsaturated/α-hetero) is 1. The molecule has 1 aromatic rings. The molecule has 4 heteroatoms. The van der Waals surface area contributed by atoms with E-state index in [4.69, 9.17) is 16.3 Å². The Morgan fingerprint density at radius 2 is 2.33 bits per heavy atom. The fraction of sp³-hybridized carbons (Fsp3) is 0.364. The van der Waals surface area contributed by atoms with Gasteiger partial charge in [-0.2, -0.15) is 0 Å². The maximum Gasteiger partial charge on any atom is 0.169 e. The molecule has 1 saturated heterocycles. The highest BCUT2D eigenvalue weighted by molar-refractivity contribution is 9.10. The van der Waals surface area contributed by atoms with Crippen molar-refractivity contribution < 1.29 is 9.53 Å². The number of halogens is 2. The molecule has 15 heavy (non-hydrogen) atoms. The van der Waals surface area contributed by atoms with E-state index in [-0.39, 0.29) is 11.7 Å². The maximum atomic E-state index is 12.0. The molecule has 1 aliphatic heterocycles. The van der Waals surface area contributed by atoms with E-state index in [2.05, 4.69) is 15.9 Å². The predicted molar refractivity (Wildman–Crippen MR) is 62.4 cm³/mol. The minimum atomic E-state index is 0.00229. The first-order chi connectivity index (χ1) is 7.18. The van der Waals surface area contributed by atoms with E-state index >= 15 is 0 Å². The minimum absolute atomic E-state index is 0.00229. The van der Waals surface area contributed by atoms with Crippen LogP contribution < -0.4 is 0 Å². The van der Waals surface area contributed by atoms with Crippen molar-refractivity contribution in [2.75, 3.05) is 13.2 Å². The smallest absolute Gasteiger partial charge is 0.169 e. The molecular weight excluding hydrogens is 279 g/mol. The number of carbonyl (C=O) groups excluding carboxylic acids is 1. The summed E-state index contributed by atoms with van der Waals surface area (Å²) in [5.74, 6) is 0.138. The minimum Gasteiger partial charge on any atom is -0.381 e. The third-order valence-electron chi connectivity index (χ3n) is 2.50. The molecule has 0 saturated carbocycles. The van der Waals surface area contributed by atoms with Gasteiger partial charge in [0.05, 0.1) is 6.61 Å². The summed E-state index contributed by atoms with van der Waals surface area (Å²) in [5, 5.41) is 0.626. The maximum absolute atomic E-state index is 12.0. The summed E-state index contributed by atoms with van der Waals surface area (Å²) in [4.78, 5) is 12.0. The van der Waals surface area contributed by atoms with Gasteiger partial charge in [0.1, 0.15) is 0 Å². The Balaban J connectivity index is 2.24. The Kier molecular flexibility index (Phi) is 3.44. The van der Waals surface area contributed by atoms with Gasteiger partial charge in [-0.1, -0.05) is 11.6 Å². The molecule has 0 radical (unpaired) electrons. The zero-order valence-corrected chi connectivity index (χ0v) is 10.3. The summed E-state index contributed by atoms with van der Waals surface area (Å²) >= 11 is 9.16. The van der Waals surface area contributed by atoms with Crippen LogP contribution in [0.2, 0.25) is 5.02 Å². The van der Waals surface area contributed by atoms with Crippen molar-refractivity contribution in [3.63, 3.8) is 0 Å². The second kappa shape index (κ2) is 4.64. The lowest BCUT2D eigenvalue weighted by Crippen LogP contribution is -2.15. The van der Waals surface area contributed by atoms with Crippen LogP contribution in [0.4, 0.5) is 0 Å². The number of benzene rings is 1. The number of ether oxygens (including phenoxy) is 1. The molecule has 1 atom stereocenters. The van der Waals surface area contributed by atoms with E-state index in [1.165, 1.54) is 0 Å². The number of hydrogen-bond acceptors (Lipinski definition) is 2. The van der Waals surface area contributed by atoms with Crippen molar-refractivity contribution >= 4 is 33.3 Å². The monoisotopic (exact) mass is 288 g/mol. The zero-order chi connectivity index (χ0) is 10.8. The molecule has 0 aromatic heterocycles. The van der Waals surface area contributed by atoms with Crippen LogP contribution in [0.3, 0.4) is 0 Å². The SMILES string of the molecule is O=C(c1ccc(Cl)cc1Br)C1CCOC1. The molecule has 1 aromatic carbocycles. The molecule has 80 valence electrons. The summed E-state index contributed by atoms with van der Waals surface area (Å²) < 4.78 is 5.96. The second-order valence-corrected chi connectivity index (χ2v) is 4.84. The first-order valence-electron chi connectivity index (χ1n) is 4.75. The van der Waals surface area contributed by atoms with Gasteiger partial charge in [0.2, 0.25) is 0 Å². The van der Waals surface area contributed by atoms with Gasteiger partial charge in [-0.05, 0) is 40.5 Å². The van der Waals surface area contributed by atoms with Crippen molar-refractivity contribution in [3.8, 4) is 0 Å². The van der Waals surface area contributed by atoms with Gasteiger partial charge in [0.25, 0.3) is 0 Å². The van der Waals surface area contributed by atoms with Crippen LogP contribution in [0, 0.1) is 5.92 Å². The highest BCUT2D eigenvalue weighted by atomic mass is 79.9. The summed E-state index contributed by atoms with van der Waals surface area (Å²) in [6.07, 6.45) is 0.813. The quantitative estimate of drug-likeness (QED) is 0.781. The van der Waals surface area contributed by atoms with Crippen LogP contribution in [-0.4, -0.2) is 19.0 Å². The Morgan fingerprint density at radius 1 is 1.53 bits per heavy atom. The highest BCUT2D eigenvalue weighted by Gasteiger charge is 2.25. The first kappa shape index (κ1) is 11.1. The standard InChI is InChI=1S/C11H10BrClO2/c12-10-5-8(13)1-2-9(10)11(14)7-3-4-15-6-7/h1-2,5,7H,3-4,6H2. The Morgan fingerprint density at radius 3 is 2.93 bits per heavy atom. The molecule has 0 N–H and O–H groups in total. The molecule has 1 fully saturated rings. The lowest BCUT2D eigenvalue weighted by molar-refractivity contribution is 0.0899. The fourth-order valence-corrected chi connectivity index (χ4v) is 2.53. The van der Waals surface area contributed by atoms with Crippen LogP contribution in [0.25, 0.3) is 0 Å². The zero-order valence-electron chi connectivity index (χ0n) is 8.00. The summed E-state index contributed by atoms with van der Waals surface area (Å²) in [5.41, 5.74) is 0.690. The van der Waals surface area contributed by atoms with Gasteiger partial charge in [-0.3, -0.25) is 4.79 Å². The second-order valence-electron chi connectivity index (χ2n) is 3.55. The molecule has 2 rings (SSSR count). The van der Waals surface area contributed by atoms with Gasteiger partial charge < -0.3 is 4.74 Å². The molecule has 1 heterocycles. The van der Waals surface area contributed by atoms with Gasteiger partial charge in [-0.15, -0.1) is 0 Å². The summed E-state index contributed by atoms with van der Waals surface area (Å²) in [6.45, 7) is 1.22. The molecule has 0 amide bonds. The number of ketones is 1. The number of rotatable bonds is 2. The van der Waals surface area contributed by atoms with E-state index in [0.717, 1.165) is 10.9 Å². The van der Waals surface area contributed by atoms with E-state index < -0.39 is 0 Å². The fourth-order valence-electron chi connectivity index (χ4n) is 1.65. The van der Waals surface area contributed by atoms with Crippen molar-refractivity contribution in [2.45, 2.75) is 6.42 Å².